The lowest BCUT2D eigenvalue weighted by molar-refractivity contribution is -0.153. The molecule has 1 fully saturated rings. The molecule has 1 aromatic heterocycles. The van der Waals surface area contributed by atoms with Gasteiger partial charge in [-0.1, -0.05) is 12.7 Å². The second-order valence-electron chi connectivity index (χ2n) is 5.29. The molecule has 2 heterocycles. The molecule has 24 heavy (non-hydrogen) atoms. The van der Waals surface area contributed by atoms with Gasteiger partial charge in [-0.15, -0.1) is 0 Å². The number of hydrogen-bond donors (Lipinski definition) is 1. The number of carbonyl (C=O) groups is 2. The number of esters is 2. The Hall–Kier alpha value is -2.68. The number of nitrogens with zero attached hydrogens (tertiary/aromatic N) is 1. The van der Waals surface area contributed by atoms with E-state index in [0.29, 0.717) is 0 Å². The van der Waals surface area contributed by atoms with Crippen molar-refractivity contribution < 1.29 is 23.8 Å². The van der Waals surface area contributed by atoms with Crippen LogP contribution in [0.4, 0.5) is 0 Å². The van der Waals surface area contributed by atoms with Gasteiger partial charge in [0.1, 0.15) is 12.7 Å². The summed E-state index contributed by atoms with van der Waals surface area (Å²) in [5.41, 5.74) is -1.12. The molecule has 9 nitrogen and oxygen atoms in total. The lowest BCUT2D eigenvalue weighted by atomic mass is 10.2. The molecular weight excluding hydrogens is 320 g/mol. The van der Waals surface area contributed by atoms with E-state index >= 15 is 0 Å². The van der Waals surface area contributed by atoms with Crippen LogP contribution in [0.2, 0.25) is 0 Å². The second-order valence-corrected chi connectivity index (χ2v) is 5.29. The van der Waals surface area contributed by atoms with Gasteiger partial charge in [0.2, 0.25) is 0 Å². The van der Waals surface area contributed by atoms with E-state index < -0.39 is 41.6 Å². The number of ether oxygens (including phenoxy) is 3. The third kappa shape index (κ3) is 3.99. The van der Waals surface area contributed by atoms with E-state index in [1.165, 1.54) is 26.1 Å². The maximum absolute atomic E-state index is 12.1. The fourth-order valence-corrected chi connectivity index (χ4v) is 2.43. The maximum atomic E-state index is 12.1. The van der Waals surface area contributed by atoms with Crippen molar-refractivity contribution in [3.05, 3.63) is 39.2 Å². The molecule has 1 saturated heterocycles. The molecule has 0 aromatic carbocycles. The number of aromatic amines is 1. The van der Waals surface area contributed by atoms with Gasteiger partial charge in [-0.3, -0.25) is 23.9 Å². The number of H-pyrrole nitrogens is 1. The molecule has 0 spiro atoms. The monoisotopic (exact) mass is 338 g/mol. The molecule has 0 unspecified atom stereocenters. The van der Waals surface area contributed by atoms with Crippen LogP contribution < -0.4 is 11.2 Å². The summed E-state index contributed by atoms with van der Waals surface area (Å²) in [7, 11) is 0. The van der Waals surface area contributed by atoms with Gasteiger partial charge in [-0.05, 0) is 0 Å². The number of rotatable bonds is 5. The predicted molar refractivity (Wildman–Crippen MR) is 82.1 cm³/mol. The summed E-state index contributed by atoms with van der Waals surface area (Å²) in [4.78, 5) is 48.0. The fraction of sp³-hybridized carbons (Fsp3) is 0.467. The lowest BCUT2D eigenvalue weighted by Crippen LogP contribution is -2.37. The van der Waals surface area contributed by atoms with Crippen LogP contribution in [0.25, 0.3) is 6.08 Å². The Balaban J connectivity index is 2.32. The van der Waals surface area contributed by atoms with Gasteiger partial charge in [0.25, 0.3) is 5.56 Å². The van der Waals surface area contributed by atoms with Crippen molar-refractivity contribution >= 4 is 18.0 Å². The van der Waals surface area contributed by atoms with Gasteiger partial charge >= 0.3 is 17.6 Å². The van der Waals surface area contributed by atoms with Crippen molar-refractivity contribution in [2.75, 3.05) is 6.61 Å². The second kappa shape index (κ2) is 7.26. The van der Waals surface area contributed by atoms with Gasteiger partial charge in [0.15, 0.2) is 6.23 Å². The van der Waals surface area contributed by atoms with Crippen LogP contribution in [0, 0.1) is 0 Å². The zero-order chi connectivity index (χ0) is 17.9. The van der Waals surface area contributed by atoms with E-state index in [9.17, 15) is 19.2 Å². The highest BCUT2D eigenvalue weighted by atomic mass is 16.6. The fourth-order valence-electron chi connectivity index (χ4n) is 2.43. The highest BCUT2D eigenvalue weighted by Gasteiger charge is 2.40. The predicted octanol–water partition coefficient (Wildman–Crippen LogP) is -0.0381. The van der Waals surface area contributed by atoms with Gasteiger partial charge in [0, 0.05) is 26.5 Å². The van der Waals surface area contributed by atoms with E-state index in [1.807, 2.05) is 0 Å². The van der Waals surface area contributed by atoms with E-state index in [1.54, 1.807) is 0 Å². The zero-order valence-electron chi connectivity index (χ0n) is 13.3. The van der Waals surface area contributed by atoms with Crippen molar-refractivity contribution in [2.45, 2.75) is 38.7 Å². The highest BCUT2D eigenvalue weighted by molar-refractivity contribution is 5.66. The minimum Gasteiger partial charge on any atom is -0.463 e. The Morgan fingerprint density at radius 3 is 2.71 bits per heavy atom. The highest BCUT2D eigenvalue weighted by Crippen LogP contribution is 2.30. The molecule has 2 rings (SSSR count). The first-order valence-corrected chi connectivity index (χ1v) is 7.25. The molecule has 0 aliphatic carbocycles. The number of nitrogens with one attached hydrogen (secondary N) is 1. The van der Waals surface area contributed by atoms with E-state index in [4.69, 9.17) is 14.2 Å². The first kappa shape index (κ1) is 17.7. The normalized spacial score (nSPS) is 22.8. The van der Waals surface area contributed by atoms with Gasteiger partial charge in [-0.2, -0.15) is 0 Å². The molecule has 130 valence electrons. The van der Waals surface area contributed by atoms with Crippen LogP contribution in [0.15, 0.2) is 22.4 Å². The number of carbonyl (C=O) groups excluding carboxylic acids is 2. The minimum atomic E-state index is -0.947. The largest absolute Gasteiger partial charge is 0.463 e. The topological polar surface area (TPSA) is 117 Å². The molecule has 1 aliphatic rings. The quantitative estimate of drug-likeness (QED) is 0.749. The van der Waals surface area contributed by atoms with Gasteiger partial charge in [-0.25, -0.2) is 4.79 Å². The lowest BCUT2D eigenvalue weighted by Gasteiger charge is -2.20. The van der Waals surface area contributed by atoms with E-state index in [2.05, 4.69) is 11.6 Å². The Bertz CT molecular complexity index is 764. The van der Waals surface area contributed by atoms with Crippen LogP contribution in [0.3, 0.4) is 0 Å². The Labute approximate surface area is 136 Å². The summed E-state index contributed by atoms with van der Waals surface area (Å²) in [5, 5.41) is 0. The molecule has 1 aliphatic heterocycles. The van der Waals surface area contributed by atoms with E-state index in [-0.39, 0.29) is 18.6 Å². The first-order chi connectivity index (χ1) is 11.3. The Morgan fingerprint density at radius 2 is 2.12 bits per heavy atom. The smallest absolute Gasteiger partial charge is 0.330 e. The number of aromatic nitrogens is 2. The SMILES string of the molecule is C=Cc1cn([C@@H]2O[C@@H](COC(C)=O)C[C@H]2OC(C)=O)c(=O)[nH]c1=O. The van der Waals surface area contributed by atoms with Crippen LogP contribution in [-0.4, -0.2) is 40.3 Å². The molecule has 0 bridgehead atoms. The molecule has 1 aromatic rings. The Morgan fingerprint density at radius 1 is 1.42 bits per heavy atom. The van der Waals surface area contributed by atoms with Crippen molar-refractivity contribution in [2.24, 2.45) is 0 Å². The Kier molecular flexibility index (Phi) is 5.35. The van der Waals surface area contributed by atoms with Crippen LogP contribution in [0.1, 0.15) is 32.1 Å². The third-order valence-corrected chi connectivity index (χ3v) is 3.42. The first-order valence-electron chi connectivity index (χ1n) is 7.25. The summed E-state index contributed by atoms with van der Waals surface area (Å²) in [6, 6.07) is 0. The van der Waals surface area contributed by atoms with Crippen molar-refractivity contribution in [1.82, 2.24) is 9.55 Å². The van der Waals surface area contributed by atoms with Gasteiger partial charge < -0.3 is 14.2 Å². The maximum Gasteiger partial charge on any atom is 0.330 e. The van der Waals surface area contributed by atoms with E-state index in [0.717, 1.165) is 4.57 Å². The molecule has 0 amide bonds. The van der Waals surface area contributed by atoms with Crippen molar-refractivity contribution in [3.8, 4) is 0 Å². The standard InChI is InChI=1S/C15H18N2O7/c1-4-10-6-17(15(21)16-13(10)20)14-12(23-9(3)19)5-11(24-14)7-22-8(2)18/h4,6,11-12,14H,1,5,7H2,2-3H3,(H,16,20,21)/t11-,12-,14-/m1/s1. The molecule has 0 saturated carbocycles. The van der Waals surface area contributed by atoms with Crippen LogP contribution in [-0.2, 0) is 23.8 Å². The summed E-state index contributed by atoms with van der Waals surface area (Å²) in [6.07, 6.45) is 0.563. The minimum absolute atomic E-state index is 0.0317. The summed E-state index contributed by atoms with van der Waals surface area (Å²) < 4.78 is 16.9. The number of hydrogen-bond acceptors (Lipinski definition) is 7. The zero-order valence-corrected chi connectivity index (χ0v) is 13.3. The average Bonchev–Trinajstić information content (AvgIpc) is 2.87. The summed E-state index contributed by atoms with van der Waals surface area (Å²) >= 11 is 0. The summed E-state index contributed by atoms with van der Waals surface area (Å²) in [5.74, 6) is -1.01. The van der Waals surface area contributed by atoms with Crippen LogP contribution >= 0.6 is 0 Å². The third-order valence-electron chi connectivity index (χ3n) is 3.42. The molecule has 3 atom stereocenters. The molecular formula is C15H18N2O7. The molecule has 0 radical (unpaired) electrons. The average molecular weight is 338 g/mol. The van der Waals surface area contributed by atoms with Crippen molar-refractivity contribution in [3.63, 3.8) is 0 Å². The summed E-state index contributed by atoms with van der Waals surface area (Å²) in [6.45, 7) is 5.97. The van der Waals surface area contributed by atoms with Crippen LogP contribution in [0.5, 0.6) is 0 Å². The van der Waals surface area contributed by atoms with Crippen molar-refractivity contribution in [1.29, 1.82) is 0 Å². The molecule has 1 N–H and O–H groups in total. The molecule has 9 heteroatoms. The van der Waals surface area contributed by atoms with Gasteiger partial charge in [0.05, 0.1) is 11.7 Å².